The molecule has 3 rings (SSSR count). The molecule has 0 aliphatic heterocycles. The fourth-order valence-corrected chi connectivity index (χ4v) is 3.18. The topological polar surface area (TPSA) is 97.6 Å². The van der Waals surface area contributed by atoms with Crippen LogP contribution in [0.3, 0.4) is 0 Å². The number of carbonyl (C=O) groups is 2. The van der Waals surface area contributed by atoms with E-state index in [1.807, 2.05) is 19.9 Å². The van der Waals surface area contributed by atoms with Gasteiger partial charge in [-0.2, -0.15) is 0 Å². The molecule has 2 amide bonds. The predicted octanol–water partition coefficient (Wildman–Crippen LogP) is 2.72. The van der Waals surface area contributed by atoms with Crippen LogP contribution >= 0.6 is 0 Å². The molecule has 0 aliphatic carbocycles. The maximum atomic E-state index is 12.3. The molecule has 2 N–H and O–H groups in total. The van der Waals surface area contributed by atoms with Gasteiger partial charge in [-0.25, -0.2) is 4.79 Å². The molecule has 0 spiro atoms. The number of fused-ring (bicyclic) bond motifs is 1. The lowest BCUT2D eigenvalue weighted by Gasteiger charge is -2.13. The zero-order valence-electron chi connectivity index (χ0n) is 17.2. The number of benzene rings is 2. The van der Waals surface area contributed by atoms with Crippen molar-refractivity contribution in [3.63, 3.8) is 0 Å². The average molecular weight is 408 g/mol. The molecule has 7 nitrogen and oxygen atoms in total. The van der Waals surface area contributed by atoms with Gasteiger partial charge in [-0.3, -0.25) is 9.59 Å². The molecule has 0 saturated carbocycles. The van der Waals surface area contributed by atoms with Crippen LogP contribution in [0.4, 0.5) is 0 Å². The highest BCUT2D eigenvalue weighted by molar-refractivity contribution is 5.94. The Kier molecular flexibility index (Phi) is 6.51. The van der Waals surface area contributed by atoms with Crippen molar-refractivity contribution in [2.24, 2.45) is 0 Å². The van der Waals surface area contributed by atoms with Crippen LogP contribution in [0.15, 0.2) is 51.7 Å². The summed E-state index contributed by atoms with van der Waals surface area (Å²) in [6, 6.07) is 12.0. The van der Waals surface area contributed by atoms with E-state index in [2.05, 4.69) is 10.6 Å². The van der Waals surface area contributed by atoms with E-state index >= 15 is 0 Å². The molecule has 156 valence electrons. The van der Waals surface area contributed by atoms with Gasteiger partial charge in [0.1, 0.15) is 11.3 Å². The van der Waals surface area contributed by atoms with Crippen LogP contribution in [0.1, 0.15) is 34.0 Å². The summed E-state index contributed by atoms with van der Waals surface area (Å²) in [6.07, 6.45) is 0.639. The second-order valence-corrected chi connectivity index (χ2v) is 6.92. The van der Waals surface area contributed by atoms with Gasteiger partial charge >= 0.3 is 5.63 Å². The van der Waals surface area contributed by atoms with Crippen LogP contribution in [0, 0.1) is 6.92 Å². The summed E-state index contributed by atoms with van der Waals surface area (Å²) in [7, 11) is 1.57. The third kappa shape index (κ3) is 4.86. The number of amides is 2. The Bertz CT molecular complexity index is 1130. The summed E-state index contributed by atoms with van der Waals surface area (Å²) in [4.78, 5) is 35.6. The molecule has 0 bridgehead atoms. The minimum atomic E-state index is -0.406. The summed E-state index contributed by atoms with van der Waals surface area (Å²) in [5.41, 5.74) is 3.15. The fourth-order valence-electron chi connectivity index (χ4n) is 3.18. The van der Waals surface area contributed by atoms with E-state index in [1.54, 1.807) is 37.4 Å². The average Bonchev–Trinajstić information content (AvgIpc) is 2.74. The quantitative estimate of drug-likeness (QED) is 0.586. The van der Waals surface area contributed by atoms with E-state index < -0.39 is 5.63 Å². The molecule has 0 saturated heterocycles. The van der Waals surface area contributed by atoms with Crippen LogP contribution in [0.5, 0.6) is 5.75 Å². The van der Waals surface area contributed by atoms with Gasteiger partial charge in [0.15, 0.2) is 6.61 Å². The monoisotopic (exact) mass is 408 g/mol. The van der Waals surface area contributed by atoms with Crippen LogP contribution in [0.2, 0.25) is 0 Å². The zero-order valence-corrected chi connectivity index (χ0v) is 17.2. The summed E-state index contributed by atoms with van der Waals surface area (Å²) in [6.45, 7) is 3.96. The lowest BCUT2D eigenvalue weighted by molar-refractivity contribution is -0.123. The second-order valence-electron chi connectivity index (χ2n) is 6.92. The van der Waals surface area contributed by atoms with Crippen molar-refractivity contribution >= 4 is 22.8 Å². The number of carbonyl (C=O) groups excluding carboxylic acids is 2. The van der Waals surface area contributed by atoms with E-state index in [0.717, 1.165) is 16.7 Å². The molecule has 1 aromatic heterocycles. The van der Waals surface area contributed by atoms with E-state index in [0.29, 0.717) is 35.2 Å². The third-order valence-corrected chi connectivity index (χ3v) is 4.71. The molecule has 0 unspecified atom stereocenters. The van der Waals surface area contributed by atoms with Crippen LogP contribution in [-0.4, -0.2) is 25.5 Å². The molecule has 0 atom stereocenters. The minimum absolute atomic E-state index is 0.161. The smallest absolute Gasteiger partial charge is 0.336 e. The molecule has 0 radical (unpaired) electrons. The summed E-state index contributed by atoms with van der Waals surface area (Å²) < 4.78 is 11.1. The third-order valence-electron chi connectivity index (χ3n) is 4.71. The van der Waals surface area contributed by atoms with Crippen molar-refractivity contribution in [1.29, 1.82) is 0 Å². The Labute approximate surface area is 174 Å². The molecular formula is C23H24N2O5. The highest BCUT2D eigenvalue weighted by Crippen LogP contribution is 2.30. The van der Waals surface area contributed by atoms with E-state index in [-0.39, 0.29) is 18.4 Å². The van der Waals surface area contributed by atoms with Gasteiger partial charge in [-0.05, 0) is 54.3 Å². The van der Waals surface area contributed by atoms with Gasteiger partial charge in [0, 0.05) is 25.2 Å². The maximum Gasteiger partial charge on any atom is 0.336 e. The van der Waals surface area contributed by atoms with Gasteiger partial charge in [-0.1, -0.05) is 19.1 Å². The van der Waals surface area contributed by atoms with Gasteiger partial charge in [0.25, 0.3) is 11.8 Å². The van der Waals surface area contributed by atoms with Crippen molar-refractivity contribution in [2.75, 3.05) is 13.7 Å². The highest BCUT2D eigenvalue weighted by atomic mass is 16.5. The van der Waals surface area contributed by atoms with Crippen molar-refractivity contribution in [1.82, 2.24) is 10.6 Å². The maximum absolute atomic E-state index is 12.3. The van der Waals surface area contributed by atoms with Gasteiger partial charge < -0.3 is 19.8 Å². The number of hydrogen-bond donors (Lipinski definition) is 2. The van der Waals surface area contributed by atoms with Crippen LogP contribution in [-0.2, 0) is 17.8 Å². The zero-order chi connectivity index (χ0) is 21.7. The van der Waals surface area contributed by atoms with Gasteiger partial charge in [0.2, 0.25) is 0 Å². The Morgan fingerprint density at radius 3 is 2.50 bits per heavy atom. The number of ether oxygens (including phenoxy) is 1. The molecule has 2 aromatic carbocycles. The van der Waals surface area contributed by atoms with E-state index in [9.17, 15) is 14.4 Å². The number of nitrogens with one attached hydrogen (secondary N) is 2. The van der Waals surface area contributed by atoms with Crippen LogP contribution < -0.4 is 21.0 Å². The molecule has 7 heteroatoms. The Hall–Kier alpha value is -3.61. The number of hydrogen-bond acceptors (Lipinski definition) is 5. The van der Waals surface area contributed by atoms with Crippen LogP contribution in [0.25, 0.3) is 11.0 Å². The molecule has 30 heavy (non-hydrogen) atoms. The first-order chi connectivity index (χ1) is 14.4. The van der Waals surface area contributed by atoms with Crippen molar-refractivity contribution in [2.45, 2.75) is 26.8 Å². The Morgan fingerprint density at radius 1 is 1.10 bits per heavy atom. The van der Waals surface area contributed by atoms with Gasteiger partial charge in [0.05, 0.1) is 5.39 Å². The van der Waals surface area contributed by atoms with Crippen molar-refractivity contribution in [3.05, 3.63) is 75.1 Å². The standard InChI is InChI=1S/C23H24N2O5/c1-4-16-11-21(27)30-19-10-14(2)9-18(22(16)19)29-13-20(26)25-12-15-5-7-17(8-6-15)23(28)24-3/h5-11H,4,12-13H2,1-3H3,(H,24,28)(H,25,26). The molecule has 1 heterocycles. The SMILES string of the molecule is CCc1cc(=O)oc2cc(C)cc(OCC(=O)NCc3ccc(C(=O)NC)cc3)c12. The first kappa shape index (κ1) is 21.1. The molecule has 3 aromatic rings. The number of aryl methyl sites for hydroxylation is 2. The van der Waals surface area contributed by atoms with Crippen molar-refractivity contribution in [3.8, 4) is 5.75 Å². The molecular weight excluding hydrogens is 384 g/mol. The van der Waals surface area contributed by atoms with Gasteiger partial charge in [-0.15, -0.1) is 0 Å². The molecule has 0 fully saturated rings. The first-order valence-electron chi connectivity index (χ1n) is 9.69. The predicted molar refractivity (Wildman–Crippen MR) is 114 cm³/mol. The summed E-state index contributed by atoms with van der Waals surface area (Å²) in [5, 5.41) is 6.06. The normalized spacial score (nSPS) is 10.6. The lowest BCUT2D eigenvalue weighted by atomic mass is 10.1. The first-order valence-corrected chi connectivity index (χ1v) is 9.69. The largest absolute Gasteiger partial charge is 0.483 e. The van der Waals surface area contributed by atoms with E-state index in [1.165, 1.54) is 6.07 Å². The Morgan fingerprint density at radius 2 is 1.83 bits per heavy atom. The summed E-state index contributed by atoms with van der Waals surface area (Å²) >= 11 is 0. The molecule has 0 aliphatic rings. The summed E-state index contributed by atoms with van der Waals surface area (Å²) in [5.74, 6) is 0.0674. The fraction of sp³-hybridized carbons (Fsp3) is 0.261. The number of rotatable bonds is 7. The van der Waals surface area contributed by atoms with Crippen molar-refractivity contribution < 1.29 is 18.7 Å². The second kappa shape index (κ2) is 9.26. The highest BCUT2D eigenvalue weighted by Gasteiger charge is 2.13. The van der Waals surface area contributed by atoms with E-state index in [4.69, 9.17) is 9.15 Å². The Balaban J connectivity index is 1.67. The lowest BCUT2D eigenvalue weighted by Crippen LogP contribution is -2.28. The minimum Gasteiger partial charge on any atom is -0.483 e.